The molecule has 0 aliphatic rings. The van der Waals surface area contributed by atoms with E-state index in [1.54, 1.807) is 23.7 Å². The molecule has 0 saturated heterocycles. The van der Waals surface area contributed by atoms with Gasteiger partial charge < -0.3 is 15.9 Å². The Bertz CT molecular complexity index is 1350. The maximum atomic E-state index is 6.71. The van der Waals surface area contributed by atoms with Crippen LogP contribution < -0.4 is 11.5 Å². The van der Waals surface area contributed by atoms with Crippen LogP contribution in [0.2, 0.25) is 0 Å². The lowest BCUT2D eigenvalue weighted by atomic mass is 9.98. The lowest BCUT2D eigenvalue weighted by molar-refractivity contribution is 0.537. The Balaban J connectivity index is 1.63. The molecule has 0 saturated carbocycles. The summed E-state index contributed by atoms with van der Waals surface area (Å²) in [6.45, 7) is 1.93. The first-order valence-corrected chi connectivity index (χ1v) is 11.3. The topological polar surface area (TPSA) is 104 Å². The van der Waals surface area contributed by atoms with Crippen molar-refractivity contribution in [1.82, 2.24) is 15.0 Å². The van der Waals surface area contributed by atoms with Crippen molar-refractivity contribution < 1.29 is 4.42 Å². The summed E-state index contributed by atoms with van der Waals surface area (Å²) in [4.78, 5) is 13.9. The van der Waals surface area contributed by atoms with Crippen LogP contribution in [0.1, 0.15) is 23.1 Å². The van der Waals surface area contributed by atoms with Crippen molar-refractivity contribution in [3.63, 3.8) is 0 Å². The van der Waals surface area contributed by atoms with Gasteiger partial charge in [-0.15, -0.1) is 11.3 Å². The van der Waals surface area contributed by atoms with E-state index in [4.69, 9.17) is 25.9 Å². The Morgan fingerprint density at radius 2 is 1.75 bits per heavy atom. The van der Waals surface area contributed by atoms with Crippen LogP contribution in [0.15, 0.2) is 76.8 Å². The average molecular weight is 442 g/mol. The third-order valence-corrected chi connectivity index (χ3v) is 6.47. The van der Waals surface area contributed by atoms with Crippen molar-refractivity contribution in [2.75, 3.05) is 0 Å². The fourth-order valence-corrected chi connectivity index (χ4v) is 4.80. The highest BCUT2D eigenvalue weighted by Crippen LogP contribution is 2.38. The number of pyridine rings is 1. The van der Waals surface area contributed by atoms with E-state index in [0.717, 1.165) is 44.1 Å². The fraction of sp³-hybridized carbons (Fsp3) is 0.160. The maximum absolute atomic E-state index is 6.71. The summed E-state index contributed by atoms with van der Waals surface area (Å²) in [5, 5.41) is 2.05. The summed E-state index contributed by atoms with van der Waals surface area (Å²) in [7, 11) is 0. The van der Waals surface area contributed by atoms with Crippen LogP contribution >= 0.6 is 11.3 Å². The summed E-state index contributed by atoms with van der Waals surface area (Å²) >= 11 is 1.57. The van der Waals surface area contributed by atoms with Gasteiger partial charge in [0, 0.05) is 29.4 Å². The minimum atomic E-state index is -0.453. The first-order chi connectivity index (χ1) is 15.6. The predicted molar refractivity (Wildman–Crippen MR) is 128 cm³/mol. The second kappa shape index (κ2) is 8.63. The van der Waals surface area contributed by atoms with E-state index in [2.05, 4.69) is 17.1 Å². The van der Waals surface area contributed by atoms with Gasteiger partial charge in [0.15, 0.2) is 5.82 Å². The number of thiophene rings is 1. The normalized spacial score (nSPS) is 13.3. The van der Waals surface area contributed by atoms with Crippen molar-refractivity contribution in [1.29, 1.82) is 0 Å². The Labute approximate surface area is 190 Å². The van der Waals surface area contributed by atoms with Gasteiger partial charge in [0.25, 0.3) is 0 Å². The Morgan fingerprint density at radius 1 is 0.969 bits per heavy atom. The number of furan rings is 1. The number of fused-ring (bicyclic) bond motifs is 1. The van der Waals surface area contributed by atoms with Crippen molar-refractivity contribution in [2.45, 2.75) is 25.4 Å². The molecule has 0 fully saturated rings. The van der Waals surface area contributed by atoms with Gasteiger partial charge in [-0.3, -0.25) is 4.98 Å². The number of rotatable bonds is 6. The van der Waals surface area contributed by atoms with Crippen LogP contribution in [-0.4, -0.2) is 21.0 Å². The molecule has 6 nitrogen and oxygen atoms in total. The van der Waals surface area contributed by atoms with Gasteiger partial charge in [0.2, 0.25) is 0 Å². The van der Waals surface area contributed by atoms with Crippen molar-refractivity contribution in [2.24, 2.45) is 11.5 Å². The highest BCUT2D eigenvalue weighted by molar-refractivity contribution is 7.17. The third kappa shape index (κ3) is 3.93. The standard InChI is InChI=1S/C25H23N5OS/c1-15-7-8-20(31-15)18-14-32-24-22(18)29-25(17-9-11-28-12-10-17)30-23(24)21(27)19(26)13-16-5-3-2-4-6-16/h2-12,14,19,21H,13,26-27H2,1H3. The van der Waals surface area contributed by atoms with Crippen LogP contribution in [0.3, 0.4) is 0 Å². The Morgan fingerprint density at radius 3 is 2.47 bits per heavy atom. The minimum absolute atomic E-state index is 0.294. The zero-order valence-electron chi connectivity index (χ0n) is 17.6. The van der Waals surface area contributed by atoms with Crippen LogP contribution in [0, 0.1) is 6.92 Å². The molecule has 4 N–H and O–H groups in total. The summed E-state index contributed by atoms with van der Waals surface area (Å²) in [6.07, 6.45) is 4.12. The highest BCUT2D eigenvalue weighted by Gasteiger charge is 2.24. The molecule has 7 heteroatoms. The van der Waals surface area contributed by atoms with E-state index in [-0.39, 0.29) is 6.04 Å². The zero-order chi connectivity index (χ0) is 22.1. The van der Waals surface area contributed by atoms with Crippen LogP contribution in [0.25, 0.3) is 32.9 Å². The monoisotopic (exact) mass is 441 g/mol. The minimum Gasteiger partial charge on any atom is -0.461 e. The average Bonchev–Trinajstić information content (AvgIpc) is 3.45. The number of aromatic nitrogens is 3. The molecular weight excluding hydrogens is 418 g/mol. The number of nitrogens with zero attached hydrogens (tertiary/aromatic N) is 3. The number of benzene rings is 1. The maximum Gasteiger partial charge on any atom is 0.160 e. The molecule has 32 heavy (non-hydrogen) atoms. The van der Waals surface area contributed by atoms with E-state index >= 15 is 0 Å². The molecule has 0 bridgehead atoms. The van der Waals surface area contributed by atoms with E-state index in [9.17, 15) is 0 Å². The fourth-order valence-electron chi connectivity index (χ4n) is 3.77. The van der Waals surface area contributed by atoms with Crippen molar-refractivity contribution in [3.8, 4) is 22.7 Å². The van der Waals surface area contributed by atoms with Gasteiger partial charge in [-0.2, -0.15) is 0 Å². The lowest BCUT2D eigenvalue weighted by Gasteiger charge is -2.20. The number of hydrogen-bond acceptors (Lipinski definition) is 7. The number of nitrogens with two attached hydrogens (primary N) is 2. The third-order valence-electron chi connectivity index (χ3n) is 5.48. The SMILES string of the molecule is Cc1ccc(-c2csc3c(C(N)C(N)Cc4ccccc4)nc(-c4ccncc4)nc23)o1. The molecule has 4 aromatic heterocycles. The molecule has 5 aromatic rings. The molecule has 2 unspecified atom stereocenters. The summed E-state index contributed by atoms with van der Waals surface area (Å²) in [5.41, 5.74) is 17.8. The first-order valence-electron chi connectivity index (χ1n) is 10.4. The molecule has 2 atom stereocenters. The predicted octanol–water partition coefficient (Wildman–Crippen LogP) is 4.89. The van der Waals surface area contributed by atoms with Gasteiger partial charge in [0.05, 0.1) is 27.5 Å². The van der Waals surface area contributed by atoms with E-state index < -0.39 is 6.04 Å². The van der Waals surface area contributed by atoms with Gasteiger partial charge >= 0.3 is 0 Å². The highest BCUT2D eigenvalue weighted by atomic mass is 32.1. The Kier molecular flexibility index (Phi) is 5.53. The zero-order valence-corrected chi connectivity index (χ0v) is 18.4. The molecule has 1 aromatic carbocycles. The summed E-state index contributed by atoms with van der Waals surface area (Å²) in [5.74, 6) is 2.23. The molecule has 5 rings (SSSR count). The van der Waals surface area contributed by atoms with Gasteiger partial charge in [0.1, 0.15) is 11.5 Å². The molecule has 0 amide bonds. The smallest absolute Gasteiger partial charge is 0.160 e. The van der Waals surface area contributed by atoms with Gasteiger partial charge in [-0.25, -0.2) is 9.97 Å². The van der Waals surface area contributed by atoms with Crippen molar-refractivity contribution in [3.05, 3.63) is 89.4 Å². The number of aryl methyl sites for hydroxylation is 1. The van der Waals surface area contributed by atoms with E-state index in [0.29, 0.717) is 12.2 Å². The first kappa shape index (κ1) is 20.5. The summed E-state index contributed by atoms with van der Waals surface area (Å²) < 4.78 is 6.82. The second-order valence-corrected chi connectivity index (χ2v) is 8.66. The van der Waals surface area contributed by atoms with Crippen LogP contribution in [0.4, 0.5) is 0 Å². The van der Waals surface area contributed by atoms with E-state index in [1.165, 1.54) is 0 Å². The molecule has 0 radical (unpaired) electrons. The molecule has 0 aliphatic carbocycles. The Hall–Kier alpha value is -3.39. The van der Waals surface area contributed by atoms with Crippen LogP contribution in [-0.2, 0) is 6.42 Å². The molecule has 160 valence electrons. The molecular formula is C25H23N5OS. The summed E-state index contributed by atoms with van der Waals surface area (Å²) in [6, 6.07) is 17.1. The molecule has 0 aliphatic heterocycles. The second-order valence-electron chi connectivity index (χ2n) is 7.79. The van der Waals surface area contributed by atoms with Crippen molar-refractivity contribution >= 4 is 21.6 Å². The quantitative estimate of drug-likeness (QED) is 0.389. The van der Waals surface area contributed by atoms with Crippen LogP contribution in [0.5, 0.6) is 0 Å². The van der Waals surface area contributed by atoms with E-state index in [1.807, 2.05) is 54.8 Å². The molecule has 0 spiro atoms. The number of hydrogen-bond donors (Lipinski definition) is 2. The molecule has 4 heterocycles. The van der Waals surface area contributed by atoms with Gasteiger partial charge in [-0.05, 0) is 43.2 Å². The largest absolute Gasteiger partial charge is 0.461 e. The lowest BCUT2D eigenvalue weighted by Crippen LogP contribution is -2.36. The van der Waals surface area contributed by atoms with Gasteiger partial charge in [-0.1, -0.05) is 30.3 Å².